The fraction of sp³-hybridized carbons (Fsp3) is 0.292. The molecule has 32 heavy (non-hydrogen) atoms. The van der Waals surface area contributed by atoms with E-state index in [9.17, 15) is 4.39 Å². The lowest BCUT2D eigenvalue weighted by molar-refractivity contribution is 0.103. The van der Waals surface area contributed by atoms with Crippen LogP contribution in [0.3, 0.4) is 0 Å². The summed E-state index contributed by atoms with van der Waals surface area (Å²) < 4.78 is 25.0. The van der Waals surface area contributed by atoms with Crippen LogP contribution in [0.4, 0.5) is 10.2 Å². The molecule has 1 fully saturated rings. The van der Waals surface area contributed by atoms with E-state index in [1.54, 1.807) is 24.7 Å². The van der Waals surface area contributed by atoms with E-state index in [1.165, 1.54) is 12.1 Å². The third kappa shape index (κ3) is 3.53. The van der Waals surface area contributed by atoms with Gasteiger partial charge < -0.3 is 14.2 Å². The summed E-state index contributed by atoms with van der Waals surface area (Å²) >= 11 is 0. The van der Waals surface area contributed by atoms with E-state index in [4.69, 9.17) is 14.2 Å². The zero-order chi connectivity index (χ0) is 22.1. The maximum Gasteiger partial charge on any atom is 0.246 e. The maximum atomic E-state index is 13.3. The van der Waals surface area contributed by atoms with Crippen molar-refractivity contribution in [2.75, 3.05) is 6.61 Å². The summed E-state index contributed by atoms with van der Waals surface area (Å²) in [6, 6.07) is 10.2. The average molecular weight is 431 g/mol. The van der Waals surface area contributed by atoms with Gasteiger partial charge in [-0.05, 0) is 42.7 Å². The van der Waals surface area contributed by atoms with E-state index in [1.807, 2.05) is 17.0 Å². The Labute approximate surface area is 185 Å². The van der Waals surface area contributed by atoms with E-state index in [2.05, 4.69) is 34.4 Å². The molecule has 1 aromatic carbocycles. The Morgan fingerprint density at radius 3 is 2.91 bits per heavy atom. The average Bonchev–Trinajstić information content (AvgIpc) is 3.48. The number of aromatic nitrogens is 3. The molecule has 162 valence electrons. The number of halogens is 1. The Morgan fingerprint density at radius 1 is 1.28 bits per heavy atom. The minimum atomic E-state index is -0.357. The molecule has 3 aromatic rings. The molecule has 0 radical (unpaired) electrons. The first-order valence-electron chi connectivity index (χ1n) is 10.5. The molecule has 0 saturated carbocycles. The molecule has 4 heterocycles. The van der Waals surface area contributed by atoms with Crippen LogP contribution >= 0.6 is 0 Å². The normalized spacial score (nSPS) is 22.1. The van der Waals surface area contributed by atoms with Crippen molar-refractivity contribution in [3.63, 3.8) is 0 Å². The standard InChI is InChI=1S/C24H22FN5O2/c1-3-19-18-6-5-11-26-22(18)27-15-30(19)13-21-28-23(29-32-21)24(4-2)12-20(31-14-24)16-7-9-17(25)10-8-16/h5-11,15,20H,1,4,12-14H2,2H3/t20-,24+/m1/s1. The molecule has 0 N–H and O–H groups in total. The van der Waals surface area contributed by atoms with Gasteiger partial charge in [-0.1, -0.05) is 30.8 Å². The summed E-state index contributed by atoms with van der Waals surface area (Å²) in [6.45, 7) is 6.72. The number of benzene rings is 1. The lowest BCUT2D eigenvalue weighted by atomic mass is 9.81. The van der Waals surface area contributed by atoms with Gasteiger partial charge in [-0.15, -0.1) is 5.73 Å². The van der Waals surface area contributed by atoms with Gasteiger partial charge in [-0.2, -0.15) is 4.98 Å². The molecule has 2 aliphatic rings. The Balaban J connectivity index is 1.35. The molecule has 0 unspecified atom stereocenters. The number of aliphatic imine (C=N–C) groups is 1. The van der Waals surface area contributed by atoms with Gasteiger partial charge in [0.2, 0.25) is 5.89 Å². The lowest BCUT2D eigenvalue weighted by Gasteiger charge is -2.24. The number of fused-ring (bicyclic) bond motifs is 1. The second-order valence-corrected chi connectivity index (χ2v) is 7.97. The van der Waals surface area contributed by atoms with Crippen LogP contribution < -0.4 is 0 Å². The van der Waals surface area contributed by atoms with Crippen LogP contribution in [0.15, 0.2) is 64.4 Å². The molecule has 0 spiro atoms. The Bertz CT molecular complexity index is 1220. The van der Waals surface area contributed by atoms with E-state index in [-0.39, 0.29) is 17.3 Å². The predicted molar refractivity (Wildman–Crippen MR) is 116 cm³/mol. The van der Waals surface area contributed by atoms with Crippen LogP contribution in [0.1, 0.15) is 48.7 Å². The Morgan fingerprint density at radius 2 is 2.12 bits per heavy atom. The summed E-state index contributed by atoms with van der Waals surface area (Å²) in [5.41, 5.74) is 5.16. The number of hydrogen-bond acceptors (Lipinski definition) is 7. The van der Waals surface area contributed by atoms with Crippen molar-refractivity contribution in [1.82, 2.24) is 20.0 Å². The third-order valence-corrected chi connectivity index (χ3v) is 6.12. The predicted octanol–water partition coefficient (Wildman–Crippen LogP) is 4.71. The molecule has 2 aliphatic heterocycles. The van der Waals surface area contributed by atoms with Crippen molar-refractivity contribution in [2.24, 2.45) is 4.99 Å². The number of nitrogens with zero attached hydrogens (tertiary/aromatic N) is 5. The van der Waals surface area contributed by atoms with Crippen LogP contribution in [0.5, 0.6) is 0 Å². The summed E-state index contributed by atoms with van der Waals surface area (Å²) in [6.07, 6.45) is 4.74. The van der Waals surface area contributed by atoms with Crippen LogP contribution in [-0.2, 0) is 16.7 Å². The minimum Gasteiger partial charge on any atom is -0.372 e. The summed E-state index contributed by atoms with van der Waals surface area (Å²) in [5, 5.41) is 4.29. The van der Waals surface area contributed by atoms with Crippen LogP contribution in [0.2, 0.25) is 0 Å². The van der Waals surface area contributed by atoms with Crippen molar-refractivity contribution in [3.05, 3.63) is 83.6 Å². The first-order chi connectivity index (χ1) is 15.6. The fourth-order valence-electron chi connectivity index (χ4n) is 4.20. The van der Waals surface area contributed by atoms with Crippen LogP contribution in [-0.4, -0.2) is 33.0 Å². The second-order valence-electron chi connectivity index (χ2n) is 7.97. The van der Waals surface area contributed by atoms with Crippen molar-refractivity contribution in [1.29, 1.82) is 0 Å². The highest BCUT2D eigenvalue weighted by atomic mass is 19.1. The quantitative estimate of drug-likeness (QED) is 0.545. The highest BCUT2D eigenvalue weighted by Crippen LogP contribution is 2.44. The van der Waals surface area contributed by atoms with Crippen molar-refractivity contribution in [3.8, 4) is 0 Å². The van der Waals surface area contributed by atoms with Gasteiger partial charge >= 0.3 is 0 Å². The summed E-state index contributed by atoms with van der Waals surface area (Å²) in [4.78, 5) is 15.2. The lowest BCUT2D eigenvalue weighted by Crippen LogP contribution is -2.27. The van der Waals surface area contributed by atoms with Gasteiger partial charge in [-0.25, -0.2) is 14.4 Å². The molecular formula is C24H22FN5O2. The number of hydrogen-bond donors (Lipinski definition) is 0. The van der Waals surface area contributed by atoms with Gasteiger partial charge in [0, 0.05) is 6.20 Å². The summed E-state index contributed by atoms with van der Waals surface area (Å²) in [5.74, 6) is 1.45. The number of ether oxygens (including phenoxy) is 1. The van der Waals surface area contributed by atoms with E-state index in [0.717, 1.165) is 23.2 Å². The highest BCUT2D eigenvalue weighted by molar-refractivity contribution is 5.85. The molecule has 2 atom stereocenters. The largest absolute Gasteiger partial charge is 0.372 e. The van der Waals surface area contributed by atoms with Crippen LogP contribution in [0.25, 0.3) is 5.70 Å². The molecular weight excluding hydrogens is 409 g/mol. The second kappa shape index (κ2) is 8.15. The Kier molecular flexibility index (Phi) is 5.17. The topological polar surface area (TPSA) is 76.6 Å². The van der Waals surface area contributed by atoms with E-state index >= 15 is 0 Å². The van der Waals surface area contributed by atoms with Gasteiger partial charge in [0.1, 0.15) is 12.4 Å². The van der Waals surface area contributed by atoms with Gasteiger partial charge in [-0.3, -0.25) is 0 Å². The SMILES string of the molecule is C=C=C1c2cccnc2N=CN1Cc1nc([C@]2(CC)CO[C@@H](c3ccc(F)cc3)C2)no1. The smallest absolute Gasteiger partial charge is 0.246 e. The maximum absolute atomic E-state index is 13.3. The third-order valence-electron chi connectivity index (χ3n) is 6.12. The van der Waals surface area contributed by atoms with E-state index < -0.39 is 0 Å². The summed E-state index contributed by atoms with van der Waals surface area (Å²) in [7, 11) is 0. The molecule has 0 bridgehead atoms. The molecule has 0 amide bonds. The van der Waals surface area contributed by atoms with Crippen molar-refractivity contribution >= 4 is 17.9 Å². The molecule has 7 nitrogen and oxygen atoms in total. The fourth-order valence-corrected chi connectivity index (χ4v) is 4.20. The van der Waals surface area contributed by atoms with Gasteiger partial charge in [0.25, 0.3) is 0 Å². The monoisotopic (exact) mass is 431 g/mol. The van der Waals surface area contributed by atoms with E-state index in [0.29, 0.717) is 37.1 Å². The highest BCUT2D eigenvalue weighted by Gasteiger charge is 2.44. The molecule has 2 aromatic heterocycles. The molecule has 5 rings (SSSR count). The minimum absolute atomic E-state index is 0.133. The molecule has 1 saturated heterocycles. The van der Waals surface area contributed by atoms with Crippen molar-refractivity contribution in [2.45, 2.75) is 37.8 Å². The first-order valence-corrected chi connectivity index (χ1v) is 10.5. The van der Waals surface area contributed by atoms with Gasteiger partial charge in [0.05, 0.1) is 35.7 Å². The zero-order valence-corrected chi connectivity index (χ0v) is 17.7. The first kappa shape index (κ1) is 20.3. The van der Waals surface area contributed by atoms with Gasteiger partial charge in [0.15, 0.2) is 11.6 Å². The Hall–Kier alpha value is -3.61. The number of rotatable bonds is 5. The number of pyridine rings is 1. The van der Waals surface area contributed by atoms with Crippen LogP contribution in [0, 0.1) is 5.82 Å². The molecule has 0 aliphatic carbocycles. The zero-order valence-electron chi connectivity index (χ0n) is 17.7. The van der Waals surface area contributed by atoms with Crippen molar-refractivity contribution < 1.29 is 13.7 Å². The molecule has 8 heteroatoms.